The van der Waals surface area contributed by atoms with Gasteiger partial charge in [0.25, 0.3) is 5.91 Å². The normalized spacial score (nSPS) is 22.6. The Morgan fingerprint density at radius 3 is 2.79 bits per heavy atom. The third-order valence-corrected chi connectivity index (χ3v) is 4.75. The van der Waals surface area contributed by atoms with E-state index in [1.165, 1.54) is 23.3 Å². The van der Waals surface area contributed by atoms with Crippen LogP contribution in [0.2, 0.25) is 0 Å². The molecule has 5 nitrogen and oxygen atoms in total. The number of ether oxygens (including phenoxy) is 1. The zero-order valence-corrected chi connectivity index (χ0v) is 12.4. The number of carbonyl (C=O) groups excluding carboxylic acids is 1. The zero-order valence-electron chi connectivity index (χ0n) is 9.98. The molecule has 1 aromatic rings. The standard InChI is InChI=1S/C11H11BrFNO4S/c1-18-6-4-7(19-8(6)12)9(15)14-3-2-11(13,5-14)10(16)17/h4H,2-3,5H2,1H3,(H,16,17). The maximum Gasteiger partial charge on any atom is 0.343 e. The summed E-state index contributed by atoms with van der Waals surface area (Å²) in [5.41, 5.74) is -2.34. The second-order valence-corrected chi connectivity index (χ2v) is 6.57. The van der Waals surface area contributed by atoms with Gasteiger partial charge in [0.15, 0.2) is 0 Å². The summed E-state index contributed by atoms with van der Waals surface area (Å²) in [5.74, 6) is -1.38. The summed E-state index contributed by atoms with van der Waals surface area (Å²) in [6.07, 6.45) is -0.183. The van der Waals surface area contributed by atoms with Crippen LogP contribution in [0.5, 0.6) is 5.75 Å². The van der Waals surface area contributed by atoms with Crippen molar-refractivity contribution >= 4 is 39.1 Å². The van der Waals surface area contributed by atoms with Gasteiger partial charge in [-0.2, -0.15) is 0 Å². The SMILES string of the molecule is COc1cc(C(=O)N2CCC(F)(C(=O)O)C2)sc1Br. The Hall–Kier alpha value is -1.15. The topological polar surface area (TPSA) is 66.8 Å². The van der Waals surface area contributed by atoms with Crippen molar-refractivity contribution in [3.8, 4) is 5.75 Å². The van der Waals surface area contributed by atoms with Crippen LogP contribution in [0.1, 0.15) is 16.1 Å². The molecule has 0 spiro atoms. The molecule has 1 fully saturated rings. The van der Waals surface area contributed by atoms with Crippen LogP contribution in [-0.4, -0.2) is 47.8 Å². The largest absolute Gasteiger partial charge is 0.495 e. The predicted octanol–water partition coefficient (Wildman–Crippen LogP) is 2.16. The molecule has 1 atom stereocenters. The third kappa shape index (κ3) is 2.59. The summed E-state index contributed by atoms with van der Waals surface area (Å²) >= 11 is 4.43. The van der Waals surface area contributed by atoms with Crippen LogP contribution in [0, 0.1) is 0 Å². The van der Waals surface area contributed by atoms with Crippen molar-refractivity contribution in [3.63, 3.8) is 0 Å². The summed E-state index contributed by atoms with van der Waals surface area (Å²) < 4.78 is 19.6. The van der Waals surface area contributed by atoms with Crippen LogP contribution in [0.3, 0.4) is 0 Å². The number of halogens is 2. The molecule has 0 bridgehead atoms. The summed E-state index contributed by atoms with van der Waals surface area (Å²) in [7, 11) is 1.48. The number of methoxy groups -OCH3 is 1. The van der Waals surface area contributed by atoms with Gasteiger partial charge < -0.3 is 14.7 Å². The van der Waals surface area contributed by atoms with E-state index in [0.717, 1.165) is 0 Å². The van der Waals surface area contributed by atoms with E-state index < -0.39 is 18.2 Å². The molecule has 1 amide bonds. The molecule has 8 heteroatoms. The summed E-state index contributed by atoms with van der Waals surface area (Å²) in [4.78, 5) is 24.5. The molecule has 1 saturated heterocycles. The molecule has 1 aliphatic rings. The van der Waals surface area contributed by atoms with Crippen molar-refractivity contribution in [2.45, 2.75) is 12.1 Å². The maximum atomic E-state index is 13.9. The fourth-order valence-corrected chi connectivity index (χ4v) is 3.49. The smallest absolute Gasteiger partial charge is 0.343 e. The van der Waals surface area contributed by atoms with Crippen LogP contribution in [0.4, 0.5) is 4.39 Å². The number of carboxylic acids is 1. The molecular formula is C11H11BrFNO4S. The number of hydrogen-bond acceptors (Lipinski definition) is 4. The second-order valence-electron chi connectivity index (χ2n) is 4.20. The van der Waals surface area contributed by atoms with Crippen LogP contribution in [0.25, 0.3) is 0 Å². The van der Waals surface area contributed by atoms with Gasteiger partial charge in [-0.3, -0.25) is 4.79 Å². The van der Waals surface area contributed by atoms with Crippen LogP contribution in [0.15, 0.2) is 9.85 Å². The highest BCUT2D eigenvalue weighted by molar-refractivity contribution is 9.11. The highest BCUT2D eigenvalue weighted by Crippen LogP contribution is 2.36. The lowest BCUT2D eigenvalue weighted by Crippen LogP contribution is -2.38. The lowest BCUT2D eigenvalue weighted by Gasteiger charge is -2.16. The third-order valence-electron chi connectivity index (χ3n) is 2.98. The van der Waals surface area contributed by atoms with E-state index >= 15 is 0 Å². The van der Waals surface area contributed by atoms with E-state index in [0.29, 0.717) is 14.4 Å². The van der Waals surface area contributed by atoms with E-state index in [9.17, 15) is 14.0 Å². The Balaban J connectivity index is 2.15. The van der Waals surface area contributed by atoms with Crippen molar-refractivity contribution in [1.82, 2.24) is 4.90 Å². The molecule has 0 saturated carbocycles. The second kappa shape index (κ2) is 5.09. The molecule has 2 rings (SSSR count). The van der Waals surface area contributed by atoms with Crippen molar-refractivity contribution in [2.24, 2.45) is 0 Å². The summed E-state index contributed by atoms with van der Waals surface area (Å²) in [5, 5.41) is 8.79. The number of carbonyl (C=O) groups is 2. The number of amides is 1. The molecule has 2 heterocycles. The Bertz CT molecular complexity index is 535. The molecule has 104 valence electrons. The number of alkyl halides is 1. The highest BCUT2D eigenvalue weighted by atomic mass is 79.9. The quantitative estimate of drug-likeness (QED) is 0.905. The Labute approximate surface area is 121 Å². The minimum Gasteiger partial charge on any atom is -0.495 e. The van der Waals surface area contributed by atoms with Crippen molar-refractivity contribution in [1.29, 1.82) is 0 Å². The van der Waals surface area contributed by atoms with Gasteiger partial charge in [-0.05, 0) is 15.9 Å². The van der Waals surface area contributed by atoms with Crippen LogP contribution >= 0.6 is 27.3 Å². The Morgan fingerprint density at radius 2 is 2.32 bits per heavy atom. The van der Waals surface area contributed by atoms with Crippen molar-refractivity contribution < 1.29 is 23.8 Å². The predicted molar refractivity (Wildman–Crippen MR) is 70.6 cm³/mol. The lowest BCUT2D eigenvalue weighted by atomic mass is 10.1. The molecule has 1 N–H and O–H groups in total. The Morgan fingerprint density at radius 1 is 1.63 bits per heavy atom. The fourth-order valence-electron chi connectivity index (χ4n) is 1.87. The van der Waals surface area contributed by atoms with Gasteiger partial charge in [-0.15, -0.1) is 11.3 Å². The number of aliphatic carboxylic acids is 1. The molecule has 0 radical (unpaired) electrons. The number of likely N-dealkylation sites (tertiary alicyclic amines) is 1. The van der Waals surface area contributed by atoms with Gasteiger partial charge >= 0.3 is 5.97 Å². The van der Waals surface area contributed by atoms with E-state index in [1.54, 1.807) is 6.07 Å². The molecule has 0 aromatic carbocycles. The molecule has 1 unspecified atom stereocenters. The first-order chi connectivity index (χ1) is 8.87. The average molecular weight is 352 g/mol. The number of hydrogen-bond donors (Lipinski definition) is 1. The Kier molecular flexibility index (Phi) is 3.82. The molecule has 1 aliphatic heterocycles. The van der Waals surface area contributed by atoms with Crippen molar-refractivity contribution in [3.05, 3.63) is 14.7 Å². The minimum atomic E-state index is -2.34. The van der Waals surface area contributed by atoms with Gasteiger partial charge in [-0.25, -0.2) is 9.18 Å². The highest BCUT2D eigenvalue weighted by Gasteiger charge is 2.47. The average Bonchev–Trinajstić information content (AvgIpc) is 2.93. The van der Waals surface area contributed by atoms with E-state index in [2.05, 4.69) is 15.9 Å². The maximum absolute atomic E-state index is 13.9. The first-order valence-electron chi connectivity index (χ1n) is 5.42. The zero-order chi connectivity index (χ0) is 14.2. The molecule has 1 aromatic heterocycles. The van der Waals surface area contributed by atoms with Crippen molar-refractivity contribution in [2.75, 3.05) is 20.2 Å². The first-order valence-corrected chi connectivity index (χ1v) is 7.03. The van der Waals surface area contributed by atoms with Crippen LogP contribution < -0.4 is 4.74 Å². The van der Waals surface area contributed by atoms with Gasteiger partial charge in [-0.1, -0.05) is 0 Å². The van der Waals surface area contributed by atoms with Gasteiger partial charge in [0.1, 0.15) is 9.54 Å². The number of thiophene rings is 1. The van der Waals surface area contributed by atoms with E-state index in [-0.39, 0.29) is 18.9 Å². The summed E-state index contributed by atoms with van der Waals surface area (Å²) in [6.45, 7) is -0.321. The van der Waals surface area contributed by atoms with Gasteiger partial charge in [0, 0.05) is 19.0 Å². The lowest BCUT2D eigenvalue weighted by molar-refractivity contribution is -0.149. The molecule has 19 heavy (non-hydrogen) atoms. The van der Waals surface area contributed by atoms with E-state index in [4.69, 9.17) is 9.84 Å². The minimum absolute atomic E-state index is 0.0967. The summed E-state index contributed by atoms with van der Waals surface area (Å²) in [6, 6.07) is 1.55. The number of carboxylic acid groups (broad SMARTS) is 1. The van der Waals surface area contributed by atoms with Gasteiger partial charge in [0.2, 0.25) is 5.67 Å². The molecule has 0 aliphatic carbocycles. The number of nitrogens with zero attached hydrogens (tertiary/aromatic N) is 1. The van der Waals surface area contributed by atoms with Gasteiger partial charge in [0.05, 0.1) is 18.5 Å². The van der Waals surface area contributed by atoms with E-state index in [1.807, 2.05) is 0 Å². The van der Waals surface area contributed by atoms with Crippen LogP contribution in [-0.2, 0) is 4.79 Å². The fraction of sp³-hybridized carbons (Fsp3) is 0.455. The number of rotatable bonds is 3. The first kappa shape index (κ1) is 14.3. The monoisotopic (exact) mass is 351 g/mol. The molecular weight excluding hydrogens is 341 g/mol.